The Labute approximate surface area is 198 Å². The molecule has 2 aliphatic heterocycles. The highest BCUT2D eigenvalue weighted by Crippen LogP contribution is 2.41. The Kier molecular flexibility index (Phi) is 6.41. The number of thioether (sulfide) groups is 2. The number of aliphatic carboxylic acids is 1. The van der Waals surface area contributed by atoms with Gasteiger partial charge in [0.2, 0.25) is 5.16 Å². The number of rotatable bonds is 7. The van der Waals surface area contributed by atoms with Crippen LogP contribution < -0.4 is 11.1 Å². The summed E-state index contributed by atoms with van der Waals surface area (Å²) in [7, 11) is 1.68. The van der Waals surface area contributed by atoms with Crippen LogP contribution in [0, 0.1) is 0 Å². The van der Waals surface area contributed by atoms with Crippen molar-refractivity contribution < 1.29 is 19.5 Å². The molecule has 32 heavy (non-hydrogen) atoms. The van der Waals surface area contributed by atoms with Crippen molar-refractivity contribution >= 4 is 74.9 Å². The lowest BCUT2D eigenvalue weighted by atomic mass is 10.0. The van der Waals surface area contributed by atoms with Gasteiger partial charge in [-0.05, 0) is 16.0 Å². The van der Waals surface area contributed by atoms with Gasteiger partial charge in [0.05, 0.1) is 11.3 Å². The molecule has 16 heteroatoms. The van der Waals surface area contributed by atoms with Gasteiger partial charge in [0.25, 0.3) is 11.8 Å². The minimum atomic E-state index is -1.21. The van der Waals surface area contributed by atoms with Gasteiger partial charge < -0.3 is 16.2 Å². The van der Waals surface area contributed by atoms with Crippen molar-refractivity contribution in [1.29, 1.82) is 0 Å². The molecule has 2 atom stereocenters. The zero-order valence-electron chi connectivity index (χ0n) is 16.3. The molecule has 1 fully saturated rings. The van der Waals surface area contributed by atoms with Crippen LogP contribution in [-0.4, -0.2) is 75.9 Å². The van der Waals surface area contributed by atoms with Crippen LogP contribution in [0.4, 0.5) is 5.13 Å². The molecule has 1 saturated heterocycles. The normalized spacial score (nSPS) is 20.8. The Balaban J connectivity index is 1.48. The minimum absolute atomic E-state index is 0.0649. The summed E-state index contributed by atoms with van der Waals surface area (Å²) in [5.74, 6) is -1.63. The number of tetrazole rings is 1. The van der Waals surface area contributed by atoms with Crippen LogP contribution in [0.25, 0.3) is 5.57 Å². The fourth-order valence-corrected chi connectivity index (χ4v) is 6.25. The predicted molar refractivity (Wildman–Crippen MR) is 120 cm³/mol. The number of hydrogen-bond acceptors (Lipinski definition) is 11. The van der Waals surface area contributed by atoms with Gasteiger partial charge in [0.15, 0.2) is 5.13 Å². The highest BCUT2D eigenvalue weighted by Gasteiger charge is 2.54. The van der Waals surface area contributed by atoms with Crippen LogP contribution in [0.3, 0.4) is 0 Å². The first-order valence-electron chi connectivity index (χ1n) is 8.89. The van der Waals surface area contributed by atoms with Gasteiger partial charge in [-0.15, -0.1) is 28.2 Å². The maximum Gasteiger partial charge on any atom is 0.352 e. The molecule has 2 aliphatic rings. The zero-order chi connectivity index (χ0) is 23.0. The van der Waals surface area contributed by atoms with E-state index < -0.39 is 29.2 Å². The zero-order valence-corrected chi connectivity index (χ0v) is 19.5. The van der Waals surface area contributed by atoms with Gasteiger partial charge in [-0.25, -0.2) is 14.5 Å². The molecular weight excluding hydrogens is 500 g/mol. The number of carboxylic acid groups (broad SMARTS) is 1. The Bertz CT molecular complexity index is 1160. The number of carbonyl (C=O) groups excluding carboxylic acids is 2. The molecule has 2 aromatic rings. The van der Waals surface area contributed by atoms with Crippen molar-refractivity contribution in [2.24, 2.45) is 7.05 Å². The van der Waals surface area contributed by atoms with Crippen molar-refractivity contribution in [3.63, 3.8) is 0 Å². The topological polar surface area (TPSA) is 169 Å². The summed E-state index contributed by atoms with van der Waals surface area (Å²) in [6.07, 6.45) is 0. The number of β-lactam (4-membered cyclic amide) rings is 1. The number of nitrogens with zero attached hydrogens (tertiary/aromatic N) is 6. The number of nitrogens with two attached hydrogens (primary N) is 1. The SMILES string of the molecule is Cn1nnnc1SCC1=C(C(=O)O)N2C(=O)C(NC(=O)C(=CCl)c3csc(N)n3)[C@@H]2SC1. The van der Waals surface area contributed by atoms with E-state index in [-0.39, 0.29) is 16.4 Å². The van der Waals surface area contributed by atoms with Crippen molar-refractivity contribution in [2.45, 2.75) is 16.6 Å². The van der Waals surface area contributed by atoms with E-state index in [4.69, 9.17) is 17.3 Å². The van der Waals surface area contributed by atoms with Crippen LogP contribution >= 0.6 is 46.5 Å². The number of nitrogens with one attached hydrogen (secondary N) is 1. The molecule has 168 valence electrons. The van der Waals surface area contributed by atoms with Crippen LogP contribution in [0.2, 0.25) is 0 Å². The second-order valence-electron chi connectivity index (χ2n) is 6.59. The third-order valence-corrected chi connectivity index (χ3v) is 7.97. The molecule has 2 amide bonds. The van der Waals surface area contributed by atoms with E-state index >= 15 is 0 Å². The molecule has 0 aromatic carbocycles. The number of hydrogen-bond donors (Lipinski definition) is 3. The summed E-state index contributed by atoms with van der Waals surface area (Å²) in [6.45, 7) is 0. The van der Waals surface area contributed by atoms with E-state index in [0.29, 0.717) is 27.9 Å². The van der Waals surface area contributed by atoms with Gasteiger partial charge in [-0.2, -0.15) is 0 Å². The lowest BCUT2D eigenvalue weighted by molar-refractivity contribution is -0.150. The van der Waals surface area contributed by atoms with Gasteiger partial charge in [-0.1, -0.05) is 23.4 Å². The number of nitrogen functional groups attached to an aromatic ring is 1. The molecular formula is C16H15ClN8O4S3. The number of halogens is 1. The van der Waals surface area contributed by atoms with Crippen LogP contribution in [0.1, 0.15) is 5.69 Å². The first kappa shape index (κ1) is 22.6. The van der Waals surface area contributed by atoms with Crippen molar-refractivity contribution in [1.82, 2.24) is 35.4 Å². The molecule has 4 heterocycles. The van der Waals surface area contributed by atoms with E-state index in [1.807, 2.05) is 0 Å². The van der Waals surface area contributed by atoms with E-state index in [2.05, 4.69) is 25.8 Å². The fraction of sp³-hybridized carbons (Fsp3) is 0.312. The standard InChI is InChI=1S/C16H15ClN8O4S3/c1-24-16(21-22-23-24)32-4-6-3-30-13-9(12(27)25(13)10(6)14(28)29)20-11(26)7(2-17)8-5-31-15(18)19-8/h2,5,9,13H,3-4H2,1H3,(H2,18,19)(H,20,26)(H,28,29)/t9?,13-/m0/s1. The number of aromatic nitrogens is 5. The van der Waals surface area contributed by atoms with Crippen molar-refractivity contribution in [3.8, 4) is 0 Å². The van der Waals surface area contributed by atoms with E-state index in [9.17, 15) is 19.5 Å². The smallest absolute Gasteiger partial charge is 0.352 e. The maximum absolute atomic E-state index is 12.8. The summed E-state index contributed by atoms with van der Waals surface area (Å²) < 4.78 is 1.47. The van der Waals surface area contributed by atoms with Crippen molar-refractivity contribution in [2.75, 3.05) is 17.2 Å². The second-order valence-corrected chi connectivity index (χ2v) is 9.74. The highest BCUT2D eigenvalue weighted by molar-refractivity contribution is 8.01. The Morgan fingerprint density at radius 3 is 2.88 bits per heavy atom. The van der Waals surface area contributed by atoms with E-state index in [1.165, 1.54) is 33.1 Å². The molecule has 1 unspecified atom stereocenters. The van der Waals surface area contributed by atoms with Crippen molar-refractivity contribution in [3.05, 3.63) is 27.9 Å². The third-order valence-electron chi connectivity index (χ3n) is 4.64. The average Bonchev–Trinajstić information content (AvgIpc) is 3.37. The van der Waals surface area contributed by atoms with Gasteiger partial charge in [-0.3, -0.25) is 14.5 Å². The fourth-order valence-electron chi connectivity index (χ4n) is 3.14. The molecule has 4 N–H and O–H groups in total. The highest BCUT2D eigenvalue weighted by atomic mass is 35.5. The summed E-state index contributed by atoms with van der Waals surface area (Å²) in [5.41, 5.74) is 7.53. The molecule has 2 aromatic heterocycles. The molecule has 12 nitrogen and oxygen atoms in total. The molecule has 0 spiro atoms. The van der Waals surface area contributed by atoms with E-state index in [0.717, 1.165) is 16.9 Å². The first-order chi connectivity index (χ1) is 15.3. The third kappa shape index (κ3) is 4.07. The van der Waals surface area contributed by atoms with E-state index in [1.54, 1.807) is 12.4 Å². The lowest BCUT2D eigenvalue weighted by Crippen LogP contribution is -2.70. The minimum Gasteiger partial charge on any atom is -0.477 e. The largest absolute Gasteiger partial charge is 0.477 e. The van der Waals surface area contributed by atoms with Gasteiger partial charge in [0.1, 0.15) is 17.1 Å². The number of fused-ring (bicyclic) bond motifs is 1. The number of anilines is 1. The monoisotopic (exact) mass is 514 g/mol. The Morgan fingerprint density at radius 2 is 2.28 bits per heavy atom. The number of carboxylic acids is 1. The van der Waals surface area contributed by atoms with Crippen LogP contribution in [-0.2, 0) is 21.4 Å². The summed E-state index contributed by atoms with van der Waals surface area (Å²) >= 11 is 9.59. The quantitative estimate of drug-likeness (QED) is 0.265. The average molecular weight is 515 g/mol. The Hall–Kier alpha value is -2.62. The number of carbonyl (C=O) groups is 3. The molecule has 0 bridgehead atoms. The summed E-state index contributed by atoms with van der Waals surface area (Å²) in [5, 5.41) is 25.4. The molecule has 0 saturated carbocycles. The van der Waals surface area contributed by atoms with Crippen LogP contribution in [0.5, 0.6) is 0 Å². The Morgan fingerprint density at radius 1 is 1.50 bits per heavy atom. The van der Waals surface area contributed by atoms with Gasteiger partial charge in [0, 0.05) is 29.5 Å². The number of amides is 2. The molecule has 4 rings (SSSR count). The lowest BCUT2D eigenvalue weighted by Gasteiger charge is -2.49. The second kappa shape index (κ2) is 9.09. The molecule has 0 radical (unpaired) electrons. The summed E-state index contributed by atoms with van der Waals surface area (Å²) in [4.78, 5) is 42.7. The summed E-state index contributed by atoms with van der Waals surface area (Å²) in [6, 6.07) is -0.887. The number of thiazole rings is 1. The maximum atomic E-state index is 12.8. The first-order valence-corrected chi connectivity index (χ1v) is 12.2. The predicted octanol–water partition coefficient (Wildman–Crippen LogP) is 0.359. The molecule has 0 aliphatic carbocycles. The number of aryl methyl sites for hydroxylation is 1. The van der Waals surface area contributed by atoms with Crippen LogP contribution in [0.15, 0.2) is 27.3 Å². The van der Waals surface area contributed by atoms with Gasteiger partial charge >= 0.3 is 5.97 Å².